The van der Waals surface area contributed by atoms with E-state index in [1.54, 1.807) is 4.90 Å². The third-order valence-electron chi connectivity index (χ3n) is 5.51. The molecule has 1 saturated heterocycles. The lowest BCUT2D eigenvalue weighted by Crippen LogP contribution is -2.51. The van der Waals surface area contributed by atoms with Crippen molar-refractivity contribution in [2.24, 2.45) is 7.05 Å². The summed E-state index contributed by atoms with van der Waals surface area (Å²) in [7, 11) is 1.43. The summed E-state index contributed by atoms with van der Waals surface area (Å²) in [5, 5.41) is 0. The highest BCUT2D eigenvalue weighted by atomic mass is 16.5. The van der Waals surface area contributed by atoms with Gasteiger partial charge in [0.2, 0.25) is 0 Å². The Morgan fingerprint density at radius 3 is 2.63 bits per heavy atom. The predicted octanol–water partition coefficient (Wildman–Crippen LogP) is 0.515. The minimum atomic E-state index is -0.454. The summed E-state index contributed by atoms with van der Waals surface area (Å²) in [6.45, 7) is 5.99. The van der Waals surface area contributed by atoms with Gasteiger partial charge in [-0.3, -0.25) is 19.1 Å². The van der Waals surface area contributed by atoms with Gasteiger partial charge in [0.15, 0.2) is 18.1 Å². The largest absolute Gasteiger partial charge is 0.483 e. The lowest BCUT2D eigenvalue weighted by atomic mass is 10.0. The van der Waals surface area contributed by atoms with Crippen molar-refractivity contribution in [1.82, 2.24) is 14.5 Å². The van der Waals surface area contributed by atoms with Crippen molar-refractivity contribution in [3.8, 4) is 11.5 Å². The highest BCUT2D eigenvalue weighted by Gasteiger charge is 2.32. The summed E-state index contributed by atoms with van der Waals surface area (Å²) in [4.78, 5) is 42.6. The van der Waals surface area contributed by atoms with Crippen LogP contribution >= 0.6 is 0 Å². The molecule has 0 atom stereocenters. The smallest absolute Gasteiger partial charge is 0.329 e. The number of carbonyl (C=O) groups excluding carboxylic acids is 1. The standard InChI is InChI=1S/C21H26N4O5/c1-21(2)12-14-5-4-6-15(19(14)30-21)29-13-18(27)25-9-7-24(8-10-25)16-11-17(26)23(3)20(28)22-16/h4-6,11H,7-10,12-13H2,1-3H3,(H,22,28). The Kier molecular flexibility index (Phi) is 5.05. The van der Waals surface area contributed by atoms with Crippen molar-refractivity contribution in [3.05, 3.63) is 50.7 Å². The molecule has 1 aromatic carbocycles. The first-order valence-corrected chi connectivity index (χ1v) is 10.0. The highest BCUT2D eigenvalue weighted by molar-refractivity contribution is 5.78. The van der Waals surface area contributed by atoms with Crippen molar-refractivity contribution in [2.45, 2.75) is 25.9 Å². The molecule has 2 aliphatic heterocycles. The van der Waals surface area contributed by atoms with Crippen molar-refractivity contribution < 1.29 is 14.3 Å². The normalized spacial score (nSPS) is 17.4. The van der Waals surface area contributed by atoms with Crippen molar-refractivity contribution in [3.63, 3.8) is 0 Å². The number of piperazine rings is 1. The first-order chi connectivity index (χ1) is 14.2. The third-order valence-corrected chi connectivity index (χ3v) is 5.51. The van der Waals surface area contributed by atoms with Gasteiger partial charge >= 0.3 is 5.69 Å². The molecule has 0 unspecified atom stereocenters. The number of rotatable bonds is 4. The summed E-state index contributed by atoms with van der Waals surface area (Å²) >= 11 is 0. The summed E-state index contributed by atoms with van der Waals surface area (Å²) in [6, 6.07) is 7.14. The molecule has 9 heteroatoms. The number of carbonyl (C=O) groups is 1. The number of para-hydroxylation sites is 1. The van der Waals surface area contributed by atoms with Gasteiger partial charge in [0.25, 0.3) is 11.5 Å². The zero-order chi connectivity index (χ0) is 21.5. The second-order valence-electron chi connectivity index (χ2n) is 8.30. The number of anilines is 1. The lowest BCUT2D eigenvalue weighted by Gasteiger charge is -2.35. The van der Waals surface area contributed by atoms with E-state index in [0.29, 0.717) is 37.7 Å². The van der Waals surface area contributed by atoms with E-state index in [9.17, 15) is 14.4 Å². The molecule has 0 aliphatic carbocycles. The zero-order valence-electron chi connectivity index (χ0n) is 17.4. The van der Waals surface area contributed by atoms with Crippen molar-refractivity contribution >= 4 is 11.7 Å². The van der Waals surface area contributed by atoms with Gasteiger partial charge in [0.05, 0.1) is 0 Å². The Morgan fingerprint density at radius 2 is 1.93 bits per heavy atom. The second kappa shape index (κ2) is 7.55. The quantitative estimate of drug-likeness (QED) is 0.783. The molecule has 0 saturated carbocycles. The third kappa shape index (κ3) is 3.92. The van der Waals surface area contributed by atoms with E-state index in [4.69, 9.17) is 9.47 Å². The molecule has 2 aromatic rings. The lowest BCUT2D eigenvalue weighted by molar-refractivity contribution is -0.133. The maximum Gasteiger partial charge on any atom is 0.329 e. The molecule has 3 heterocycles. The number of hydrogen-bond acceptors (Lipinski definition) is 6. The Bertz CT molecular complexity index is 1050. The second-order valence-corrected chi connectivity index (χ2v) is 8.30. The van der Waals surface area contributed by atoms with Crippen LogP contribution in [-0.4, -0.2) is 58.7 Å². The molecule has 0 radical (unpaired) electrons. The number of nitrogens with one attached hydrogen (secondary N) is 1. The summed E-state index contributed by atoms with van der Waals surface area (Å²) in [6.07, 6.45) is 0.806. The van der Waals surface area contributed by atoms with Crippen LogP contribution in [0.25, 0.3) is 0 Å². The highest BCUT2D eigenvalue weighted by Crippen LogP contribution is 2.41. The van der Waals surface area contributed by atoms with Crippen LogP contribution in [0.3, 0.4) is 0 Å². The molecule has 2 aliphatic rings. The maximum atomic E-state index is 12.6. The average molecular weight is 414 g/mol. The summed E-state index contributed by atoms with van der Waals surface area (Å²) in [5.41, 5.74) is -0.00476. The maximum absolute atomic E-state index is 12.6. The van der Waals surface area contributed by atoms with E-state index in [0.717, 1.165) is 22.3 Å². The van der Waals surface area contributed by atoms with Crippen LogP contribution in [0.5, 0.6) is 11.5 Å². The van der Waals surface area contributed by atoms with Crippen LogP contribution in [-0.2, 0) is 18.3 Å². The van der Waals surface area contributed by atoms with Crippen LogP contribution in [0, 0.1) is 0 Å². The number of nitrogens with zero attached hydrogens (tertiary/aromatic N) is 3. The van der Waals surface area contributed by atoms with Gasteiger partial charge in [0, 0.05) is 51.3 Å². The number of benzene rings is 1. The molecule has 0 spiro atoms. The fraction of sp³-hybridized carbons (Fsp3) is 0.476. The van der Waals surface area contributed by atoms with Gasteiger partial charge in [-0.15, -0.1) is 0 Å². The molecule has 1 fully saturated rings. The van der Waals surface area contributed by atoms with Gasteiger partial charge in [0.1, 0.15) is 11.4 Å². The monoisotopic (exact) mass is 414 g/mol. The summed E-state index contributed by atoms with van der Waals surface area (Å²) < 4.78 is 12.8. The SMILES string of the molecule is Cn1c(=O)cc(N2CCN(C(=O)COc3cccc4c3OC(C)(C)C4)CC2)[nH]c1=O. The number of H-pyrrole nitrogens is 1. The Balaban J connectivity index is 1.35. The van der Waals surface area contributed by atoms with E-state index in [-0.39, 0.29) is 23.7 Å². The Hall–Kier alpha value is -3.23. The fourth-order valence-corrected chi connectivity index (χ4v) is 3.84. The zero-order valence-corrected chi connectivity index (χ0v) is 17.4. The van der Waals surface area contributed by atoms with Crippen molar-refractivity contribution in [1.29, 1.82) is 0 Å². The fourth-order valence-electron chi connectivity index (χ4n) is 3.84. The number of amides is 1. The molecule has 30 heavy (non-hydrogen) atoms. The summed E-state index contributed by atoms with van der Waals surface area (Å²) in [5.74, 6) is 1.67. The van der Waals surface area contributed by atoms with E-state index in [1.807, 2.05) is 36.9 Å². The van der Waals surface area contributed by atoms with Crippen LogP contribution in [0.2, 0.25) is 0 Å². The first-order valence-electron chi connectivity index (χ1n) is 10.0. The molecule has 0 bridgehead atoms. The number of aromatic nitrogens is 2. The number of aromatic amines is 1. The van der Waals surface area contributed by atoms with E-state index in [2.05, 4.69) is 4.98 Å². The molecule has 160 valence electrons. The predicted molar refractivity (Wildman–Crippen MR) is 111 cm³/mol. The average Bonchev–Trinajstić information content (AvgIpc) is 3.04. The van der Waals surface area contributed by atoms with Gasteiger partial charge in [-0.1, -0.05) is 12.1 Å². The topological polar surface area (TPSA) is 96.9 Å². The van der Waals surface area contributed by atoms with E-state index < -0.39 is 5.69 Å². The Labute approximate surface area is 173 Å². The molecule has 1 N–H and O–H groups in total. The van der Waals surface area contributed by atoms with Gasteiger partial charge in [-0.25, -0.2) is 4.79 Å². The van der Waals surface area contributed by atoms with Gasteiger partial charge in [-0.05, 0) is 19.9 Å². The van der Waals surface area contributed by atoms with Crippen LogP contribution < -0.4 is 25.6 Å². The molecule has 1 amide bonds. The van der Waals surface area contributed by atoms with Gasteiger partial charge in [-0.2, -0.15) is 0 Å². The number of fused-ring (bicyclic) bond motifs is 1. The molecule has 1 aromatic heterocycles. The molecule has 9 nitrogen and oxygen atoms in total. The minimum Gasteiger partial charge on any atom is -0.483 e. The van der Waals surface area contributed by atoms with Gasteiger partial charge < -0.3 is 19.3 Å². The van der Waals surface area contributed by atoms with E-state index in [1.165, 1.54) is 13.1 Å². The number of ether oxygens (including phenoxy) is 2. The minimum absolute atomic E-state index is 0.0665. The Morgan fingerprint density at radius 1 is 1.20 bits per heavy atom. The van der Waals surface area contributed by atoms with Crippen molar-refractivity contribution in [2.75, 3.05) is 37.7 Å². The number of hydrogen-bond donors (Lipinski definition) is 1. The molecular formula is C21H26N4O5. The van der Waals surface area contributed by atoms with E-state index >= 15 is 0 Å². The first kappa shape index (κ1) is 20.1. The van der Waals surface area contributed by atoms with Crippen LogP contribution in [0.1, 0.15) is 19.4 Å². The molecular weight excluding hydrogens is 388 g/mol. The van der Waals surface area contributed by atoms with Crippen LogP contribution in [0.15, 0.2) is 33.9 Å². The van der Waals surface area contributed by atoms with Crippen LogP contribution in [0.4, 0.5) is 5.82 Å². The molecule has 4 rings (SSSR count).